The van der Waals surface area contributed by atoms with E-state index in [1.807, 2.05) is 6.07 Å². The first-order valence-corrected chi connectivity index (χ1v) is 7.26. The molecule has 1 N–H and O–H groups in total. The summed E-state index contributed by atoms with van der Waals surface area (Å²) in [7, 11) is 2.13. The van der Waals surface area contributed by atoms with E-state index in [1.165, 1.54) is 16.7 Å². The molecule has 0 fully saturated rings. The molecule has 0 aliphatic rings. The van der Waals surface area contributed by atoms with Crippen LogP contribution in [0.1, 0.15) is 23.6 Å². The van der Waals surface area contributed by atoms with Gasteiger partial charge < -0.3 is 9.73 Å². The van der Waals surface area contributed by atoms with Crippen molar-refractivity contribution in [3.8, 4) is 0 Å². The lowest BCUT2D eigenvalue weighted by Gasteiger charge is -2.15. The molecule has 20 heavy (non-hydrogen) atoms. The van der Waals surface area contributed by atoms with Crippen LogP contribution in [0.15, 0.2) is 47.3 Å². The van der Waals surface area contributed by atoms with Crippen LogP contribution < -0.4 is 5.32 Å². The van der Waals surface area contributed by atoms with Crippen LogP contribution in [0.25, 0.3) is 0 Å². The molecule has 0 saturated carbocycles. The van der Waals surface area contributed by atoms with E-state index < -0.39 is 0 Å². The number of nitrogens with one attached hydrogen (secondary N) is 1. The lowest BCUT2D eigenvalue weighted by molar-refractivity contribution is 0.318. The molecule has 3 nitrogen and oxygen atoms in total. The highest BCUT2D eigenvalue weighted by Crippen LogP contribution is 2.10. The largest absolute Gasteiger partial charge is 0.472 e. The zero-order valence-corrected chi connectivity index (χ0v) is 12.4. The van der Waals surface area contributed by atoms with Crippen molar-refractivity contribution in [1.82, 2.24) is 10.2 Å². The Labute approximate surface area is 121 Å². The second kappa shape index (κ2) is 7.88. The topological polar surface area (TPSA) is 28.4 Å². The number of nitrogens with zero attached hydrogens (tertiary/aromatic N) is 1. The summed E-state index contributed by atoms with van der Waals surface area (Å²) in [4.78, 5) is 2.29. The molecule has 0 aliphatic heterocycles. The number of benzene rings is 1. The molecule has 1 aromatic heterocycles. The van der Waals surface area contributed by atoms with E-state index in [4.69, 9.17) is 4.42 Å². The summed E-state index contributed by atoms with van der Waals surface area (Å²) in [5, 5.41) is 3.35. The molecule has 2 aromatic rings. The normalized spacial score (nSPS) is 11.2. The molecule has 0 spiro atoms. The van der Waals surface area contributed by atoms with Crippen LogP contribution in [0.2, 0.25) is 0 Å². The van der Waals surface area contributed by atoms with E-state index >= 15 is 0 Å². The van der Waals surface area contributed by atoms with E-state index in [-0.39, 0.29) is 0 Å². The Kier molecular flexibility index (Phi) is 5.84. The lowest BCUT2D eigenvalue weighted by atomic mass is 10.1. The molecule has 2 rings (SSSR count). The van der Waals surface area contributed by atoms with Gasteiger partial charge >= 0.3 is 0 Å². The van der Waals surface area contributed by atoms with Gasteiger partial charge in [0.15, 0.2) is 0 Å². The van der Waals surface area contributed by atoms with Gasteiger partial charge in [0.05, 0.1) is 12.5 Å². The second-order valence-corrected chi connectivity index (χ2v) is 5.22. The SMILES string of the molecule is CCNCCc1ccc(CN(C)Cc2ccoc2)cc1. The minimum absolute atomic E-state index is 0.915. The fourth-order valence-electron chi connectivity index (χ4n) is 2.28. The van der Waals surface area contributed by atoms with Gasteiger partial charge in [-0.1, -0.05) is 31.2 Å². The Hall–Kier alpha value is -1.58. The van der Waals surface area contributed by atoms with E-state index in [2.05, 4.69) is 48.5 Å². The molecular formula is C17H24N2O. The summed E-state index contributed by atoms with van der Waals surface area (Å²) in [6.45, 7) is 6.10. The number of hydrogen-bond donors (Lipinski definition) is 1. The van der Waals surface area contributed by atoms with Crippen LogP contribution in [0.5, 0.6) is 0 Å². The molecule has 0 amide bonds. The molecular weight excluding hydrogens is 248 g/mol. The van der Waals surface area contributed by atoms with Crippen LogP contribution in [-0.2, 0) is 19.5 Å². The minimum atomic E-state index is 0.915. The third-order valence-electron chi connectivity index (χ3n) is 3.35. The van der Waals surface area contributed by atoms with Gasteiger partial charge in [-0.2, -0.15) is 0 Å². The molecule has 0 radical (unpaired) electrons. The van der Waals surface area contributed by atoms with Crippen molar-refractivity contribution in [2.24, 2.45) is 0 Å². The summed E-state index contributed by atoms with van der Waals surface area (Å²) in [5.41, 5.74) is 3.96. The van der Waals surface area contributed by atoms with Crippen molar-refractivity contribution < 1.29 is 4.42 Å². The van der Waals surface area contributed by atoms with Gasteiger partial charge in [-0.25, -0.2) is 0 Å². The highest BCUT2D eigenvalue weighted by Gasteiger charge is 2.03. The third kappa shape index (κ3) is 4.83. The predicted octanol–water partition coefficient (Wildman–Crippen LogP) is 3.06. The van der Waals surface area contributed by atoms with Crippen molar-refractivity contribution in [1.29, 1.82) is 0 Å². The van der Waals surface area contributed by atoms with Gasteiger partial charge in [-0.3, -0.25) is 4.90 Å². The Morgan fingerprint density at radius 3 is 2.35 bits per heavy atom. The predicted molar refractivity (Wildman–Crippen MR) is 82.6 cm³/mol. The Morgan fingerprint density at radius 2 is 1.70 bits per heavy atom. The summed E-state index contributed by atoms with van der Waals surface area (Å²) in [6.07, 6.45) is 4.63. The van der Waals surface area contributed by atoms with Gasteiger partial charge in [0.1, 0.15) is 0 Å². The molecule has 3 heteroatoms. The second-order valence-electron chi connectivity index (χ2n) is 5.22. The van der Waals surface area contributed by atoms with Gasteiger partial charge in [-0.05, 0) is 43.8 Å². The zero-order valence-electron chi connectivity index (χ0n) is 12.4. The maximum atomic E-state index is 5.10. The van der Waals surface area contributed by atoms with E-state index in [0.29, 0.717) is 0 Å². The first-order chi connectivity index (χ1) is 9.78. The van der Waals surface area contributed by atoms with Gasteiger partial charge in [-0.15, -0.1) is 0 Å². The third-order valence-corrected chi connectivity index (χ3v) is 3.35. The summed E-state index contributed by atoms with van der Waals surface area (Å²) < 4.78 is 5.10. The van der Waals surface area contributed by atoms with E-state index in [9.17, 15) is 0 Å². The smallest absolute Gasteiger partial charge is 0.0947 e. The van der Waals surface area contributed by atoms with Gasteiger partial charge in [0.2, 0.25) is 0 Å². The number of furan rings is 1. The molecule has 0 unspecified atom stereocenters. The van der Waals surface area contributed by atoms with Crippen LogP contribution in [0, 0.1) is 0 Å². The van der Waals surface area contributed by atoms with Crippen molar-refractivity contribution in [2.45, 2.75) is 26.4 Å². The highest BCUT2D eigenvalue weighted by atomic mass is 16.3. The minimum Gasteiger partial charge on any atom is -0.472 e. The highest BCUT2D eigenvalue weighted by molar-refractivity contribution is 5.22. The molecule has 108 valence electrons. The Bertz CT molecular complexity index is 476. The van der Waals surface area contributed by atoms with Crippen LogP contribution in [0.4, 0.5) is 0 Å². The fraction of sp³-hybridized carbons (Fsp3) is 0.412. The molecule has 0 saturated heterocycles. The van der Waals surface area contributed by atoms with Crippen LogP contribution >= 0.6 is 0 Å². The monoisotopic (exact) mass is 272 g/mol. The maximum absolute atomic E-state index is 5.10. The van der Waals surface area contributed by atoms with Crippen LogP contribution in [0.3, 0.4) is 0 Å². The molecule has 0 atom stereocenters. The fourth-order valence-corrected chi connectivity index (χ4v) is 2.28. The number of likely N-dealkylation sites (N-methyl/N-ethyl adjacent to an activating group) is 1. The Balaban J connectivity index is 1.80. The Morgan fingerprint density at radius 1 is 1.00 bits per heavy atom. The van der Waals surface area contributed by atoms with E-state index in [0.717, 1.165) is 32.6 Å². The molecule has 0 bridgehead atoms. The molecule has 1 aromatic carbocycles. The number of hydrogen-bond acceptors (Lipinski definition) is 3. The zero-order chi connectivity index (χ0) is 14.2. The summed E-state index contributed by atoms with van der Waals surface area (Å²) in [5.74, 6) is 0. The molecule has 0 aliphatic carbocycles. The average molecular weight is 272 g/mol. The van der Waals surface area contributed by atoms with Crippen molar-refractivity contribution in [3.05, 3.63) is 59.5 Å². The summed E-state index contributed by atoms with van der Waals surface area (Å²) >= 11 is 0. The maximum Gasteiger partial charge on any atom is 0.0947 e. The summed E-state index contributed by atoms with van der Waals surface area (Å²) in [6, 6.07) is 10.9. The van der Waals surface area contributed by atoms with Gasteiger partial charge in [0, 0.05) is 18.7 Å². The first-order valence-electron chi connectivity index (χ1n) is 7.26. The average Bonchev–Trinajstić information content (AvgIpc) is 2.94. The van der Waals surface area contributed by atoms with Crippen molar-refractivity contribution >= 4 is 0 Å². The van der Waals surface area contributed by atoms with Crippen LogP contribution in [-0.4, -0.2) is 25.0 Å². The quantitative estimate of drug-likeness (QED) is 0.749. The molecule has 1 heterocycles. The first kappa shape index (κ1) is 14.8. The van der Waals surface area contributed by atoms with Crippen molar-refractivity contribution in [3.63, 3.8) is 0 Å². The standard InChI is InChI=1S/C17H24N2O/c1-3-18-10-8-15-4-6-16(7-5-15)12-19(2)13-17-9-11-20-14-17/h4-7,9,11,14,18H,3,8,10,12-13H2,1-2H3. The number of rotatable bonds is 8. The lowest BCUT2D eigenvalue weighted by Crippen LogP contribution is -2.17. The van der Waals surface area contributed by atoms with E-state index in [1.54, 1.807) is 12.5 Å². The van der Waals surface area contributed by atoms with Crippen molar-refractivity contribution in [2.75, 3.05) is 20.1 Å². The van der Waals surface area contributed by atoms with Gasteiger partial charge in [0.25, 0.3) is 0 Å².